The third kappa shape index (κ3) is 7.35. The minimum atomic E-state index is -0.628. The Kier molecular flexibility index (Phi) is 9.02. The van der Waals surface area contributed by atoms with E-state index in [1.165, 1.54) is 5.56 Å². The van der Waals surface area contributed by atoms with E-state index in [9.17, 15) is 14.4 Å². The number of ether oxygens (including phenoxy) is 3. The number of thioether (sulfide) groups is 1. The van der Waals surface area contributed by atoms with Gasteiger partial charge in [-0.05, 0) is 60.0 Å². The summed E-state index contributed by atoms with van der Waals surface area (Å²) in [6.07, 6.45) is 1.59. The first-order valence-corrected chi connectivity index (χ1v) is 12.8. The van der Waals surface area contributed by atoms with E-state index in [0.717, 1.165) is 26.9 Å². The first-order valence-electron chi connectivity index (χ1n) is 11.1. The predicted octanol–water partition coefficient (Wildman–Crippen LogP) is 5.80. The zero-order valence-electron chi connectivity index (χ0n) is 20.1. The molecule has 2 amide bonds. The Labute approximate surface area is 217 Å². The molecule has 0 N–H and O–H groups in total. The first-order chi connectivity index (χ1) is 16.6. The number of carbonyl (C=O) groups excluding carboxylic acids is 3. The van der Waals surface area contributed by atoms with Gasteiger partial charge in [0.05, 0.1) is 11.5 Å². The Bertz CT molecular complexity index is 1120. The van der Waals surface area contributed by atoms with E-state index < -0.39 is 23.7 Å². The normalized spacial score (nSPS) is 15.0. The molecule has 2 aromatic carbocycles. The van der Waals surface area contributed by atoms with Crippen LogP contribution in [0.25, 0.3) is 6.08 Å². The van der Waals surface area contributed by atoms with Crippen molar-refractivity contribution in [2.45, 2.75) is 33.1 Å². The van der Waals surface area contributed by atoms with Crippen molar-refractivity contribution in [3.8, 4) is 11.5 Å². The summed E-state index contributed by atoms with van der Waals surface area (Å²) >= 11 is 4.21. The maximum Gasteiger partial charge on any atom is 0.326 e. The number of esters is 1. The first kappa shape index (κ1) is 26.8. The van der Waals surface area contributed by atoms with E-state index in [1.54, 1.807) is 25.1 Å². The summed E-state index contributed by atoms with van der Waals surface area (Å²) in [5.41, 5.74) is 1.93. The number of rotatable bonds is 9. The number of benzene rings is 2. The number of imide groups is 1. The van der Waals surface area contributed by atoms with Crippen molar-refractivity contribution in [3.05, 3.63) is 63.0 Å². The summed E-state index contributed by atoms with van der Waals surface area (Å²) in [5, 5.41) is -0.514. The van der Waals surface area contributed by atoms with Crippen LogP contribution in [0.2, 0.25) is 0 Å². The summed E-state index contributed by atoms with van der Waals surface area (Å²) in [6.45, 7) is 8.52. The van der Waals surface area contributed by atoms with Crippen molar-refractivity contribution in [3.63, 3.8) is 0 Å². The molecule has 0 aliphatic carbocycles. The van der Waals surface area contributed by atoms with Gasteiger partial charge in [-0.25, -0.2) is 0 Å². The van der Waals surface area contributed by atoms with E-state index in [0.29, 0.717) is 17.9 Å². The number of halogens is 1. The molecule has 2 aromatic rings. The molecular weight excluding hydrogens is 534 g/mol. The molecule has 1 saturated heterocycles. The Morgan fingerprint density at radius 1 is 1.06 bits per heavy atom. The highest BCUT2D eigenvalue weighted by atomic mass is 79.9. The lowest BCUT2D eigenvalue weighted by atomic mass is 9.87. The van der Waals surface area contributed by atoms with E-state index in [1.807, 2.05) is 18.2 Å². The molecule has 0 radical (unpaired) electrons. The molecule has 0 spiro atoms. The van der Waals surface area contributed by atoms with Crippen LogP contribution in [-0.2, 0) is 19.7 Å². The van der Waals surface area contributed by atoms with Gasteiger partial charge in [0.15, 0.2) is 0 Å². The predicted molar refractivity (Wildman–Crippen MR) is 140 cm³/mol. The fourth-order valence-electron chi connectivity index (χ4n) is 3.23. The van der Waals surface area contributed by atoms with Crippen LogP contribution in [0.3, 0.4) is 0 Å². The van der Waals surface area contributed by atoms with Crippen molar-refractivity contribution in [1.82, 2.24) is 4.90 Å². The van der Waals surface area contributed by atoms with Gasteiger partial charge in [0.25, 0.3) is 11.1 Å². The lowest BCUT2D eigenvalue weighted by molar-refractivity contribution is -0.145. The Balaban J connectivity index is 1.64. The number of hydrogen-bond donors (Lipinski definition) is 0. The van der Waals surface area contributed by atoms with Gasteiger partial charge in [-0.2, -0.15) is 0 Å². The van der Waals surface area contributed by atoms with Gasteiger partial charge >= 0.3 is 5.97 Å². The maximum atomic E-state index is 12.7. The van der Waals surface area contributed by atoms with Crippen molar-refractivity contribution in [2.75, 3.05) is 26.4 Å². The van der Waals surface area contributed by atoms with Crippen LogP contribution >= 0.6 is 27.7 Å². The molecule has 0 bridgehead atoms. The fourth-order valence-corrected chi connectivity index (χ4v) is 4.40. The molecule has 0 unspecified atom stereocenters. The number of nitrogens with zero attached hydrogens (tertiary/aromatic N) is 1. The van der Waals surface area contributed by atoms with E-state index >= 15 is 0 Å². The number of hydrogen-bond acceptors (Lipinski definition) is 7. The molecule has 3 rings (SSSR count). The summed E-state index contributed by atoms with van der Waals surface area (Å²) in [4.78, 5) is 37.7. The minimum Gasteiger partial charge on any atom is -0.490 e. The second-order valence-electron chi connectivity index (χ2n) is 8.73. The van der Waals surface area contributed by atoms with Crippen LogP contribution < -0.4 is 9.47 Å². The van der Waals surface area contributed by atoms with Gasteiger partial charge in [0.1, 0.15) is 31.3 Å². The van der Waals surface area contributed by atoms with Gasteiger partial charge < -0.3 is 14.2 Å². The van der Waals surface area contributed by atoms with Gasteiger partial charge in [-0.3, -0.25) is 19.3 Å². The van der Waals surface area contributed by atoms with Gasteiger partial charge in [0, 0.05) is 10.0 Å². The zero-order chi connectivity index (χ0) is 25.6. The highest BCUT2D eigenvalue weighted by Crippen LogP contribution is 2.35. The highest BCUT2D eigenvalue weighted by molar-refractivity contribution is 9.10. The second-order valence-corrected chi connectivity index (χ2v) is 10.6. The minimum absolute atomic E-state index is 0.0761. The van der Waals surface area contributed by atoms with Gasteiger partial charge in [-0.1, -0.05) is 54.9 Å². The summed E-state index contributed by atoms with van der Waals surface area (Å²) in [5.74, 6) is 0.121. The summed E-state index contributed by atoms with van der Waals surface area (Å²) in [6, 6.07) is 13.4. The fraction of sp³-hybridized carbons (Fsp3) is 0.346. The summed E-state index contributed by atoms with van der Waals surface area (Å²) < 4.78 is 17.4. The average Bonchev–Trinajstić information content (AvgIpc) is 3.05. The molecule has 1 fully saturated rings. The molecular formula is C26H28BrNO6S. The van der Waals surface area contributed by atoms with E-state index in [4.69, 9.17) is 14.2 Å². The van der Waals surface area contributed by atoms with Crippen molar-refractivity contribution in [1.29, 1.82) is 0 Å². The van der Waals surface area contributed by atoms with Crippen molar-refractivity contribution < 1.29 is 28.6 Å². The molecule has 1 aliphatic heterocycles. The molecule has 0 aromatic heterocycles. The Hall–Kier alpha value is -2.78. The van der Waals surface area contributed by atoms with Crippen LogP contribution in [0.1, 0.15) is 38.8 Å². The summed E-state index contributed by atoms with van der Waals surface area (Å²) in [7, 11) is 0. The van der Waals surface area contributed by atoms with Crippen LogP contribution in [0.4, 0.5) is 4.79 Å². The topological polar surface area (TPSA) is 82.1 Å². The molecule has 0 saturated carbocycles. The molecule has 1 aliphatic rings. The van der Waals surface area contributed by atoms with Crippen LogP contribution in [0.15, 0.2) is 51.8 Å². The maximum absolute atomic E-state index is 12.7. The van der Waals surface area contributed by atoms with Crippen LogP contribution in [-0.4, -0.2) is 48.4 Å². The van der Waals surface area contributed by atoms with Crippen LogP contribution in [0.5, 0.6) is 11.5 Å². The SMILES string of the molecule is CCOC(=O)CN1C(=O)S/C(=C\c2ccc(Br)cc2OCCOc2ccc(C(C)(C)C)cc2)C1=O. The zero-order valence-corrected chi connectivity index (χ0v) is 22.5. The van der Waals surface area contributed by atoms with E-state index in [-0.39, 0.29) is 23.5 Å². The van der Waals surface area contributed by atoms with Crippen molar-refractivity contribution in [2.24, 2.45) is 0 Å². The monoisotopic (exact) mass is 561 g/mol. The lowest BCUT2D eigenvalue weighted by Crippen LogP contribution is -2.34. The number of amides is 2. The standard InChI is InChI=1S/C26H28BrNO6S/c1-5-32-23(29)16-28-24(30)22(35-25(28)31)14-17-6-9-19(27)15-21(17)34-13-12-33-20-10-7-18(8-11-20)26(2,3)4/h6-11,14-15H,5,12-13,16H2,1-4H3/b22-14-. The third-order valence-corrected chi connectivity index (χ3v) is 6.46. The highest BCUT2D eigenvalue weighted by Gasteiger charge is 2.36. The molecule has 7 nitrogen and oxygen atoms in total. The largest absolute Gasteiger partial charge is 0.490 e. The Morgan fingerprint density at radius 2 is 1.74 bits per heavy atom. The average molecular weight is 562 g/mol. The molecule has 35 heavy (non-hydrogen) atoms. The molecule has 9 heteroatoms. The smallest absolute Gasteiger partial charge is 0.326 e. The lowest BCUT2D eigenvalue weighted by Gasteiger charge is -2.19. The van der Waals surface area contributed by atoms with Crippen LogP contribution in [0, 0.1) is 0 Å². The quantitative estimate of drug-likeness (QED) is 0.217. The molecule has 1 heterocycles. The van der Waals surface area contributed by atoms with Gasteiger partial charge in [0.2, 0.25) is 0 Å². The van der Waals surface area contributed by atoms with Gasteiger partial charge in [-0.15, -0.1) is 0 Å². The molecule has 186 valence electrons. The Morgan fingerprint density at radius 3 is 2.40 bits per heavy atom. The third-order valence-electron chi connectivity index (χ3n) is 5.06. The number of carbonyl (C=O) groups is 3. The van der Waals surface area contributed by atoms with E-state index in [2.05, 4.69) is 48.8 Å². The second kappa shape index (κ2) is 11.8. The molecule has 0 atom stereocenters. The van der Waals surface area contributed by atoms with Crippen molar-refractivity contribution >= 4 is 50.9 Å².